The number of carbonyl (C=O) groups excluding carboxylic acids is 1. The highest BCUT2D eigenvalue weighted by atomic mass is 127. The predicted molar refractivity (Wildman–Crippen MR) is 70.8 cm³/mol. The van der Waals surface area contributed by atoms with Gasteiger partial charge in [0.15, 0.2) is 0 Å². The summed E-state index contributed by atoms with van der Waals surface area (Å²) in [5.74, 6) is 0.305. The van der Waals surface area contributed by atoms with Crippen LogP contribution in [0, 0.1) is 14.9 Å². The Morgan fingerprint density at radius 1 is 1.53 bits per heavy atom. The molecule has 0 heterocycles. The summed E-state index contributed by atoms with van der Waals surface area (Å²) < 4.78 is 10.7. The van der Waals surface area contributed by atoms with Crippen molar-refractivity contribution < 1.29 is 14.3 Å². The maximum Gasteiger partial charge on any atom is 0.310 e. The zero-order valence-electron chi connectivity index (χ0n) is 9.62. The average Bonchev–Trinajstić information content (AvgIpc) is 2.30. The first kappa shape index (κ1) is 13.8. The number of nitrogens with zero attached hydrogens (tertiary/aromatic N) is 1. The van der Waals surface area contributed by atoms with Crippen LogP contribution in [0.2, 0.25) is 0 Å². The molecule has 0 spiro atoms. The molecular weight excluding hydrogens is 333 g/mol. The third-order valence-corrected chi connectivity index (χ3v) is 3.24. The predicted octanol–water partition coefficient (Wildman–Crippen LogP) is 2.28. The molecule has 17 heavy (non-hydrogen) atoms. The molecule has 0 saturated heterocycles. The Bertz CT molecular complexity index is 466. The SMILES string of the molecule is CCOC(=O)Cc1ccc(OC)c(I)c1C#N. The van der Waals surface area contributed by atoms with Gasteiger partial charge in [-0.3, -0.25) is 4.79 Å². The Morgan fingerprint density at radius 2 is 2.24 bits per heavy atom. The Morgan fingerprint density at radius 3 is 2.76 bits per heavy atom. The molecule has 0 fully saturated rings. The largest absolute Gasteiger partial charge is 0.496 e. The van der Waals surface area contributed by atoms with E-state index >= 15 is 0 Å². The lowest BCUT2D eigenvalue weighted by molar-refractivity contribution is -0.142. The molecule has 4 nitrogen and oxygen atoms in total. The van der Waals surface area contributed by atoms with Gasteiger partial charge in [-0.1, -0.05) is 6.07 Å². The maximum absolute atomic E-state index is 11.4. The number of hydrogen-bond donors (Lipinski definition) is 0. The van der Waals surface area contributed by atoms with E-state index in [1.165, 1.54) is 0 Å². The molecule has 0 aliphatic rings. The molecular formula is C12H12INO3. The van der Waals surface area contributed by atoms with Crippen LogP contribution < -0.4 is 4.74 Å². The van der Waals surface area contributed by atoms with Gasteiger partial charge in [0.2, 0.25) is 0 Å². The lowest BCUT2D eigenvalue weighted by atomic mass is 10.1. The number of halogens is 1. The van der Waals surface area contributed by atoms with E-state index in [9.17, 15) is 4.79 Å². The van der Waals surface area contributed by atoms with Crippen molar-refractivity contribution >= 4 is 28.6 Å². The topological polar surface area (TPSA) is 59.3 Å². The monoisotopic (exact) mass is 345 g/mol. The van der Waals surface area contributed by atoms with Crippen LogP contribution in [0.15, 0.2) is 12.1 Å². The molecule has 0 saturated carbocycles. The Hall–Kier alpha value is -1.29. The Kier molecular flexibility index (Phi) is 5.22. The van der Waals surface area contributed by atoms with Gasteiger partial charge in [-0.2, -0.15) is 5.26 Å². The third kappa shape index (κ3) is 3.33. The van der Waals surface area contributed by atoms with Gasteiger partial charge in [-0.15, -0.1) is 0 Å². The fourth-order valence-electron chi connectivity index (χ4n) is 1.39. The van der Waals surface area contributed by atoms with Crippen molar-refractivity contribution in [1.29, 1.82) is 5.26 Å². The van der Waals surface area contributed by atoms with E-state index < -0.39 is 0 Å². The molecule has 5 heteroatoms. The summed E-state index contributed by atoms with van der Waals surface area (Å²) in [6.45, 7) is 2.09. The summed E-state index contributed by atoms with van der Waals surface area (Å²) in [6.07, 6.45) is 0.108. The van der Waals surface area contributed by atoms with Gasteiger partial charge >= 0.3 is 5.97 Å². The summed E-state index contributed by atoms with van der Waals surface area (Å²) in [6, 6.07) is 5.56. The van der Waals surface area contributed by atoms with Crippen LogP contribution in [0.5, 0.6) is 5.75 Å². The average molecular weight is 345 g/mol. The number of rotatable bonds is 4. The van der Waals surface area contributed by atoms with Crippen LogP contribution in [0.1, 0.15) is 18.1 Å². The van der Waals surface area contributed by atoms with Crippen molar-refractivity contribution in [2.75, 3.05) is 13.7 Å². The van der Waals surface area contributed by atoms with E-state index in [2.05, 4.69) is 6.07 Å². The number of methoxy groups -OCH3 is 1. The number of hydrogen-bond acceptors (Lipinski definition) is 4. The van der Waals surface area contributed by atoms with Crippen LogP contribution in [0.25, 0.3) is 0 Å². The summed E-state index contributed by atoms with van der Waals surface area (Å²) in [5, 5.41) is 9.10. The second-order valence-electron chi connectivity index (χ2n) is 3.21. The summed E-state index contributed by atoms with van der Waals surface area (Å²) in [7, 11) is 1.55. The summed E-state index contributed by atoms with van der Waals surface area (Å²) in [4.78, 5) is 11.4. The van der Waals surface area contributed by atoms with Gasteiger partial charge in [-0.25, -0.2) is 0 Å². The molecule has 0 bridgehead atoms. The number of esters is 1. The molecule has 0 N–H and O–H groups in total. The molecule has 0 aromatic heterocycles. The number of nitriles is 1. The van der Waals surface area contributed by atoms with Gasteiger partial charge in [0, 0.05) is 0 Å². The third-order valence-electron chi connectivity index (χ3n) is 2.16. The van der Waals surface area contributed by atoms with Crippen LogP contribution in [0.4, 0.5) is 0 Å². The molecule has 1 aromatic rings. The van der Waals surface area contributed by atoms with Crippen molar-refractivity contribution in [2.45, 2.75) is 13.3 Å². The number of ether oxygens (including phenoxy) is 2. The second kappa shape index (κ2) is 6.45. The lowest BCUT2D eigenvalue weighted by Crippen LogP contribution is -2.09. The zero-order chi connectivity index (χ0) is 12.8. The van der Waals surface area contributed by atoms with E-state index in [1.54, 1.807) is 26.2 Å². The fraction of sp³-hybridized carbons (Fsp3) is 0.333. The van der Waals surface area contributed by atoms with Gasteiger partial charge in [-0.05, 0) is 41.1 Å². The molecule has 1 rings (SSSR count). The minimum absolute atomic E-state index is 0.108. The second-order valence-corrected chi connectivity index (χ2v) is 4.29. The van der Waals surface area contributed by atoms with Crippen LogP contribution in [0.3, 0.4) is 0 Å². The first-order valence-corrected chi connectivity index (χ1v) is 6.13. The smallest absolute Gasteiger partial charge is 0.310 e. The van der Waals surface area contributed by atoms with E-state index in [0.29, 0.717) is 23.5 Å². The van der Waals surface area contributed by atoms with E-state index in [0.717, 1.165) is 3.57 Å². The Balaban J connectivity index is 3.06. The molecule has 0 unspecified atom stereocenters. The Labute approximate surface area is 114 Å². The quantitative estimate of drug-likeness (QED) is 0.621. The van der Waals surface area contributed by atoms with Crippen molar-refractivity contribution in [3.63, 3.8) is 0 Å². The fourth-order valence-corrected chi connectivity index (χ4v) is 2.26. The molecule has 0 amide bonds. The zero-order valence-corrected chi connectivity index (χ0v) is 11.8. The minimum atomic E-state index is -0.329. The molecule has 1 aromatic carbocycles. The standard InChI is InChI=1S/C12H12INO3/c1-3-17-11(15)6-8-4-5-10(16-2)12(13)9(8)7-14/h4-5H,3,6H2,1-2H3. The molecule has 0 radical (unpaired) electrons. The first-order chi connectivity index (χ1) is 8.13. The van der Waals surface area contributed by atoms with Crippen LogP contribution in [-0.4, -0.2) is 19.7 Å². The van der Waals surface area contributed by atoms with Gasteiger partial charge in [0.05, 0.1) is 29.3 Å². The summed E-state index contributed by atoms with van der Waals surface area (Å²) >= 11 is 2.04. The highest BCUT2D eigenvalue weighted by molar-refractivity contribution is 14.1. The highest BCUT2D eigenvalue weighted by Crippen LogP contribution is 2.27. The van der Waals surface area contributed by atoms with Crippen molar-refractivity contribution in [1.82, 2.24) is 0 Å². The number of carbonyl (C=O) groups is 1. The van der Waals surface area contributed by atoms with Crippen molar-refractivity contribution in [3.05, 3.63) is 26.8 Å². The minimum Gasteiger partial charge on any atom is -0.496 e. The number of benzene rings is 1. The molecule has 0 aliphatic heterocycles. The van der Waals surface area contributed by atoms with E-state index in [4.69, 9.17) is 14.7 Å². The van der Waals surface area contributed by atoms with Crippen molar-refractivity contribution in [2.24, 2.45) is 0 Å². The van der Waals surface area contributed by atoms with Gasteiger partial charge in [0.1, 0.15) is 11.8 Å². The van der Waals surface area contributed by atoms with Gasteiger partial charge < -0.3 is 9.47 Å². The molecule has 0 aliphatic carbocycles. The maximum atomic E-state index is 11.4. The first-order valence-electron chi connectivity index (χ1n) is 5.05. The highest BCUT2D eigenvalue weighted by Gasteiger charge is 2.14. The van der Waals surface area contributed by atoms with E-state index in [-0.39, 0.29) is 12.4 Å². The molecule has 0 atom stereocenters. The molecule has 90 valence electrons. The summed E-state index contributed by atoms with van der Waals surface area (Å²) in [5.41, 5.74) is 1.13. The van der Waals surface area contributed by atoms with Crippen LogP contribution >= 0.6 is 22.6 Å². The van der Waals surface area contributed by atoms with Gasteiger partial charge in [0.25, 0.3) is 0 Å². The van der Waals surface area contributed by atoms with Crippen molar-refractivity contribution in [3.8, 4) is 11.8 Å². The normalized spacial score (nSPS) is 9.53. The van der Waals surface area contributed by atoms with Crippen LogP contribution in [-0.2, 0) is 16.0 Å². The lowest BCUT2D eigenvalue weighted by Gasteiger charge is -2.09. The van der Waals surface area contributed by atoms with E-state index in [1.807, 2.05) is 22.6 Å².